The Morgan fingerprint density at radius 1 is 1.33 bits per heavy atom. The Morgan fingerprint density at radius 3 is 2.33 bits per heavy atom. The molecule has 0 aromatic heterocycles. The maximum Gasteiger partial charge on any atom is 0.157 e. The smallest absolute Gasteiger partial charge is 0.157 e. The summed E-state index contributed by atoms with van der Waals surface area (Å²) in [5.41, 5.74) is -0.357. The quantitative estimate of drug-likeness (QED) is 0.472. The van der Waals surface area contributed by atoms with Gasteiger partial charge in [-0.1, -0.05) is 46.4 Å². The number of alkyl halides is 1. The van der Waals surface area contributed by atoms with Gasteiger partial charge < -0.3 is 4.90 Å². The Bertz CT molecular complexity index is 330. The molecule has 0 fully saturated rings. The highest BCUT2D eigenvalue weighted by molar-refractivity contribution is 6.53. The number of nitrogens with zero attached hydrogens (tertiary/aromatic N) is 2. The van der Waals surface area contributed by atoms with E-state index < -0.39 is 0 Å². The van der Waals surface area contributed by atoms with Gasteiger partial charge in [-0.25, -0.2) is 4.99 Å². The zero-order valence-corrected chi connectivity index (χ0v) is 8.58. The second-order valence-corrected chi connectivity index (χ2v) is 3.88. The fourth-order valence-corrected chi connectivity index (χ4v) is 1.64. The van der Waals surface area contributed by atoms with Gasteiger partial charge in [-0.05, 0) is 0 Å². The summed E-state index contributed by atoms with van der Waals surface area (Å²) in [5.74, 6) is 0.575. The van der Waals surface area contributed by atoms with Crippen molar-refractivity contribution in [3.8, 4) is 0 Å². The Morgan fingerprint density at radius 2 is 2.00 bits per heavy atom. The van der Waals surface area contributed by atoms with Gasteiger partial charge in [0.2, 0.25) is 0 Å². The van der Waals surface area contributed by atoms with Crippen LogP contribution in [0.1, 0.15) is 0 Å². The lowest BCUT2D eigenvalue weighted by Gasteiger charge is -2.36. The van der Waals surface area contributed by atoms with E-state index >= 15 is 0 Å². The van der Waals surface area contributed by atoms with Crippen molar-refractivity contribution in [1.82, 2.24) is 4.90 Å². The lowest BCUT2D eigenvalue weighted by Crippen LogP contribution is -2.42. The Balaban J connectivity index is 2.13. The predicted octanol–water partition coefficient (Wildman–Crippen LogP) is 3.01. The average molecular weight is 244 g/mol. The van der Waals surface area contributed by atoms with Gasteiger partial charge in [0, 0.05) is 6.20 Å². The Hall–Kier alpha value is 0.110. The lowest BCUT2D eigenvalue weighted by molar-refractivity contribution is 0.505. The van der Waals surface area contributed by atoms with Crippen LogP contribution in [0.2, 0.25) is 0 Å². The summed E-state index contributed by atoms with van der Waals surface area (Å²) in [6.45, 7) is 0. The molecule has 2 rings (SSSR count). The molecule has 1 atom stereocenters. The van der Waals surface area contributed by atoms with E-state index in [1.807, 2.05) is 0 Å². The first-order valence-electron chi connectivity index (χ1n) is 3.05. The molecular weight excluding hydrogens is 242 g/mol. The van der Waals surface area contributed by atoms with Crippen molar-refractivity contribution >= 4 is 52.2 Å². The number of halogens is 4. The third kappa shape index (κ3) is 1.06. The minimum atomic E-state index is -0.357. The second-order valence-electron chi connectivity index (χ2n) is 2.30. The Labute approximate surface area is 89.0 Å². The molecule has 2 heterocycles. The highest BCUT2D eigenvalue weighted by atomic mass is 35.5. The summed E-state index contributed by atoms with van der Waals surface area (Å²) >= 11 is 22.7. The molecule has 2 aliphatic rings. The first-order valence-corrected chi connectivity index (χ1v) is 4.62. The number of amidine groups is 1. The van der Waals surface area contributed by atoms with E-state index in [2.05, 4.69) is 4.99 Å². The van der Waals surface area contributed by atoms with E-state index in [1.54, 1.807) is 11.1 Å². The second kappa shape index (κ2) is 2.81. The van der Waals surface area contributed by atoms with Crippen molar-refractivity contribution in [1.29, 1.82) is 0 Å². The highest BCUT2D eigenvalue weighted by Crippen LogP contribution is 2.37. The standard InChI is InChI=1S/C6H2Cl4N2/c7-2-1-12(5(2)10)6-3(8)4(9)11-6/h1,5H. The van der Waals surface area contributed by atoms with Crippen LogP contribution < -0.4 is 0 Å². The monoisotopic (exact) mass is 242 g/mol. The zero-order valence-electron chi connectivity index (χ0n) is 5.56. The van der Waals surface area contributed by atoms with Crippen molar-refractivity contribution in [3.63, 3.8) is 0 Å². The molecule has 64 valence electrons. The number of hydrogen-bond acceptors (Lipinski definition) is 2. The van der Waals surface area contributed by atoms with Crippen LogP contribution in [-0.2, 0) is 0 Å². The van der Waals surface area contributed by atoms with Gasteiger partial charge in [-0.2, -0.15) is 0 Å². The van der Waals surface area contributed by atoms with Crippen molar-refractivity contribution < 1.29 is 0 Å². The molecule has 1 unspecified atom stereocenters. The van der Waals surface area contributed by atoms with Gasteiger partial charge in [0.05, 0.1) is 5.03 Å². The molecule has 0 amide bonds. The van der Waals surface area contributed by atoms with E-state index in [0.29, 0.717) is 21.1 Å². The van der Waals surface area contributed by atoms with Crippen LogP contribution in [0, 0.1) is 0 Å². The van der Waals surface area contributed by atoms with Gasteiger partial charge in [0.1, 0.15) is 10.5 Å². The van der Waals surface area contributed by atoms with Crippen LogP contribution in [0.4, 0.5) is 0 Å². The summed E-state index contributed by atoms with van der Waals surface area (Å²) < 4.78 is 0. The normalized spacial score (nSPS) is 27.7. The largest absolute Gasteiger partial charge is 0.308 e. The first-order chi connectivity index (χ1) is 5.61. The number of aliphatic imine (C=N–C) groups is 1. The van der Waals surface area contributed by atoms with Crippen molar-refractivity contribution in [2.75, 3.05) is 0 Å². The maximum atomic E-state index is 5.81. The van der Waals surface area contributed by atoms with Crippen LogP contribution in [0.3, 0.4) is 0 Å². The summed E-state index contributed by atoms with van der Waals surface area (Å²) in [5, 5.41) is 1.32. The molecule has 6 heteroatoms. The number of hydrogen-bond donors (Lipinski definition) is 0. The van der Waals surface area contributed by atoms with E-state index in [1.165, 1.54) is 0 Å². The summed E-state index contributed by atoms with van der Waals surface area (Å²) in [4.78, 5) is 5.53. The molecule has 0 bridgehead atoms. The lowest BCUT2D eigenvalue weighted by atomic mass is 10.3. The molecule has 0 aliphatic carbocycles. The maximum absolute atomic E-state index is 5.81. The molecule has 0 aromatic rings. The molecule has 0 saturated carbocycles. The SMILES string of the molecule is ClC1=CN(C2=NC(Cl)=C2Cl)C1Cl. The molecule has 2 nitrogen and oxygen atoms in total. The summed E-state index contributed by atoms with van der Waals surface area (Å²) in [6, 6.07) is 0. The van der Waals surface area contributed by atoms with Crippen LogP contribution >= 0.6 is 46.4 Å². The minimum absolute atomic E-state index is 0.312. The van der Waals surface area contributed by atoms with Gasteiger partial charge in [0.15, 0.2) is 11.0 Å². The first kappa shape index (κ1) is 8.70. The molecule has 12 heavy (non-hydrogen) atoms. The number of rotatable bonds is 0. The van der Waals surface area contributed by atoms with Crippen LogP contribution in [0.15, 0.2) is 26.4 Å². The van der Waals surface area contributed by atoms with E-state index in [-0.39, 0.29) is 5.50 Å². The summed E-state index contributed by atoms with van der Waals surface area (Å²) in [7, 11) is 0. The van der Waals surface area contributed by atoms with Gasteiger partial charge >= 0.3 is 0 Å². The Kier molecular flexibility index (Phi) is 2.04. The predicted molar refractivity (Wildman–Crippen MR) is 51.6 cm³/mol. The van der Waals surface area contributed by atoms with Crippen molar-refractivity contribution in [3.05, 3.63) is 21.4 Å². The molecule has 0 spiro atoms. The topological polar surface area (TPSA) is 15.6 Å². The van der Waals surface area contributed by atoms with Gasteiger partial charge in [0.25, 0.3) is 0 Å². The summed E-state index contributed by atoms with van der Waals surface area (Å²) in [6.07, 6.45) is 1.66. The van der Waals surface area contributed by atoms with Crippen molar-refractivity contribution in [2.24, 2.45) is 4.99 Å². The van der Waals surface area contributed by atoms with E-state index in [9.17, 15) is 0 Å². The minimum Gasteiger partial charge on any atom is -0.308 e. The highest BCUT2D eigenvalue weighted by Gasteiger charge is 2.35. The van der Waals surface area contributed by atoms with Crippen molar-refractivity contribution in [2.45, 2.75) is 5.50 Å². The van der Waals surface area contributed by atoms with Gasteiger partial charge in [-0.3, -0.25) is 0 Å². The fraction of sp³-hybridized carbons (Fsp3) is 0.167. The van der Waals surface area contributed by atoms with Crippen LogP contribution in [-0.4, -0.2) is 16.2 Å². The third-order valence-corrected chi connectivity index (χ3v) is 3.14. The van der Waals surface area contributed by atoms with E-state index in [0.717, 1.165) is 0 Å². The van der Waals surface area contributed by atoms with Crippen LogP contribution in [0.25, 0.3) is 0 Å². The van der Waals surface area contributed by atoms with Gasteiger partial charge in [-0.15, -0.1) is 0 Å². The van der Waals surface area contributed by atoms with E-state index in [4.69, 9.17) is 46.4 Å². The average Bonchev–Trinajstić information content (AvgIpc) is 2.09. The van der Waals surface area contributed by atoms with Crippen LogP contribution in [0.5, 0.6) is 0 Å². The molecule has 0 saturated heterocycles. The molecule has 0 radical (unpaired) electrons. The molecular formula is C6H2Cl4N2. The molecule has 2 aliphatic heterocycles. The zero-order chi connectivity index (χ0) is 8.88. The molecule has 0 aromatic carbocycles. The third-order valence-electron chi connectivity index (χ3n) is 1.56. The molecule has 0 N–H and O–H groups in total. The fourth-order valence-electron chi connectivity index (χ4n) is 0.881.